The summed E-state index contributed by atoms with van der Waals surface area (Å²) >= 11 is 0. The summed E-state index contributed by atoms with van der Waals surface area (Å²) in [4.78, 5) is 10.9. The summed E-state index contributed by atoms with van der Waals surface area (Å²) in [6.07, 6.45) is 7.75. The van der Waals surface area contributed by atoms with Crippen molar-refractivity contribution in [3.63, 3.8) is 0 Å². The van der Waals surface area contributed by atoms with Crippen molar-refractivity contribution in [2.45, 2.75) is 12.8 Å². The summed E-state index contributed by atoms with van der Waals surface area (Å²) in [6.45, 7) is 0. The Balaban J connectivity index is 1.93. The fourth-order valence-corrected chi connectivity index (χ4v) is 2.29. The van der Waals surface area contributed by atoms with Crippen LogP contribution in [0.3, 0.4) is 0 Å². The minimum atomic E-state index is -0.552. The molecule has 0 bridgehead atoms. The summed E-state index contributed by atoms with van der Waals surface area (Å²) < 4.78 is 10.1. The molecule has 0 saturated heterocycles. The quantitative estimate of drug-likeness (QED) is 0.930. The third-order valence-corrected chi connectivity index (χ3v) is 3.27. The van der Waals surface area contributed by atoms with Gasteiger partial charge in [0.05, 0.1) is 7.11 Å². The number of rotatable bonds is 3. The highest BCUT2D eigenvalue weighted by Crippen LogP contribution is 2.30. The zero-order chi connectivity index (χ0) is 13.9. The Morgan fingerprint density at radius 2 is 2.30 bits per heavy atom. The Morgan fingerprint density at radius 1 is 1.40 bits per heavy atom. The summed E-state index contributed by atoms with van der Waals surface area (Å²) in [6, 6.07) is 6.08. The van der Waals surface area contributed by atoms with Crippen LogP contribution in [0.15, 0.2) is 39.6 Å². The van der Waals surface area contributed by atoms with E-state index in [-0.39, 0.29) is 5.89 Å². The summed E-state index contributed by atoms with van der Waals surface area (Å²) in [7, 11) is 1.65. The van der Waals surface area contributed by atoms with Crippen LogP contribution in [0.1, 0.15) is 23.4 Å². The molecule has 1 aromatic heterocycles. The average Bonchev–Trinajstić information content (AvgIpc) is 2.90. The van der Waals surface area contributed by atoms with E-state index in [0.717, 1.165) is 29.7 Å². The lowest BCUT2D eigenvalue weighted by atomic mass is 9.90. The van der Waals surface area contributed by atoms with Crippen LogP contribution in [0, 0.1) is 0 Å². The van der Waals surface area contributed by atoms with Gasteiger partial charge in [-0.05, 0) is 47.8 Å². The van der Waals surface area contributed by atoms with Crippen LogP contribution in [0.2, 0.25) is 0 Å². The zero-order valence-electron chi connectivity index (χ0n) is 11.1. The summed E-state index contributed by atoms with van der Waals surface area (Å²) in [5.41, 5.74) is 3.51. The predicted octanol–water partition coefficient (Wildman–Crippen LogP) is 2.41. The molecule has 5 nitrogen and oxygen atoms in total. The van der Waals surface area contributed by atoms with Gasteiger partial charge in [-0.15, -0.1) is 5.10 Å². The highest BCUT2D eigenvalue weighted by Gasteiger charge is 2.11. The van der Waals surface area contributed by atoms with Crippen LogP contribution < -0.4 is 10.5 Å². The van der Waals surface area contributed by atoms with Crippen molar-refractivity contribution in [3.05, 3.63) is 57.9 Å². The molecule has 5 heteroatoms. The normalized spacial score (nSPS) is 14.2. The van der Waals surface area contributed by atoms with Gasteiger partial charge >= 0.3 is 5.76 Å². The van der Waals surface area contributed by atoms with Crippen molar-refractivity contribution in [1.82, 2.24) is 10.2 Å². The standard InChI is InChI=1S/C15H14N2O3/c1-19-12-7-5-10-3-2-4-11(13(10)9-12)6-8-14-16-17-15(18)20-14/h4-9H,2-3H2,1H3,(H,17,18)/b8-6+. The highest BCUT2D eigenvalue weighted by atomic mass is 16.5. The van der Waals surface area contributed by atoms with Crippen LogP contribution in [-0.2, 0) is 6.42 Å². The highest BCUT2D eigenvalue weighted by molar-refractivity contribution is 5.81. The Labute approximate surface area is 115 Å². The number of hydrogen-bond donors (Lipinski definition) is 1. The maximum atomic E-state index is 10.9. The van der Waals surface area contributed by atoms with Crippen molar-refractivity contribution < 1.29 is 9.15 Å². The van der Waals surface area contributed by atoms with Crippen molar-refractivity contribution >= 4 is 11.6 Å². The number of nitrogens with zero attached hydrogens (tertiary/aromatic N) is 1. The number of fused-ring (bicyclic) bond motifs is 1. The Bertz CT molecular complexity index is 738. The van der Waals surface area contributed by atoms with Crippen LogP contribution in [0.4, 0.5) is 0 Å². The van der Waals surface area contributed by atoms with Gasteiger partial charge in [0.1, 0.15) is 5.75 Å². The number of aryl methyl sites for hydroxylation is 1. The molecule has 0 fully saturated rings. The van der Waals surface area contributed by atoms with E-state index >= 15 is 0 Å². The number of methoxy groups -OCH3 is 1. The number of ether oxygens (including phenoxy) is 1. The topological polar surface area (TPSA) is 68.1 Å². The van der Waals surface area contributed by atoms with Crippen molar-refractivity contribution in [1.29, 1.82) is 0 Å². The summed E-state index contributed by atoms with van der Waals surface area (Å²) in [5.74, 6) is 0.548. The van der Waals surface area contributed by atoms with Crippen LogP contribution in [-0.4, -0.2) is 17.3 Å². The Morgan fingerprint density at radius 3 is 3.05 bits per heavy atom. The average molecular weight is 270 g/mol. The third-order valence-electron chi connectivity index (χ3n) is 3.27. The molecular weight excluding hydrogens is 256 g/mol. The van der Waals surface area contributed by atoms with E-state index in [1.807, 2.05) is 18.2 Å². The summed E-state index contributed by atoms with van der Waals surface area (Å²) in [5, 5.41) is 5.98. The van der Waals surface area contributed by atoms with E-state index in [0.29, 0.717) is 0 Å². The molecule has 0 aliphatic heterocycles. The maximum Gasteiger partial charge on any atom is 0.434 e. The molecule has 1 aliphatic rings. The second-order valence-corrected chi connectivity index (χ2v) is 4.51. The number of aromatic nitrogens is 2. The predicted molar refractivity (Wildman–Crippen MR) is 75.4 cm³/mol. The molecule has 0 radical (unpaired) electrons. The van der Waals surface area contributed by atoms with Crippen molar-refractivity contribution in [2.24, 2.45) is 0 Å². The van der Waals surface area contributed by atoms with E-state index in [9.17, 15) is 4.79 Å². The molecular formula is C15H14N2O3. The van der Waals surface area contributed by atoms with Gasteiger partial charge in [0.25, 0.3) is 0 Å². The van der Waals surface area contributed by atoms with E-state index < -0.39 is 5.76 Å². The smallest absolute Gasteiger partial charge is 0.434 e. The largest absolute Gasteiger partial charge is 0.497 e. The second-order valence-electron chi connectivity index (χ2n) is 4.51. The van der Waals surface area contributed by atoms with E-state index in [4.69, 9.17) is 9.15 Å². The lowest BCUT2D eigenvalue weighted by molar-refractivity contribution is 0.414. The molecule has 102 valence electrons. The number of aromatic amines is 1. The minimum Gasteiger partial charge on any atom is -0.497 e. The molecule has 2 aromatic rings. The second kappa shape index (κ2) is 5.21. The first-order valence-electron chi connectivity index (χ1n) is 6.37. The first-order chi connectivity index (χ1) is 9.76. The zero-order valence-corrected chi connectivity index (χ0v) is 11.1. The van der Waals surface area contributed by atoms with Gasteiger partial charge in [-0.25, -0.2) is 9.89 Å². The van der Waals surface area contributed by atoms with Gasteiger partial charge in [0.2, 0.25) is 5.89 Å². The van der Waals surface area contributed by atoms with E-state index in [1.54, 1.807) is 13.2 Å². The number of H-pyrrole nitrogens is 1. The molecule has 20 heavy (non-hydrogen) atoms. The van der Waals surface area contributed by atoms with Gasteiger partial charge in [0.15, 0.2) is 0 Å². The fraction of sp³-hybridized carbons (Fsp3) is 0.200. The number of allylic oxidation sites excluding steroid dienone is 3. The van der Waals surface area contributed by atoms with Gasteiger partial charge in [-0.2, -0.15) is 0 Å². The molecule has 3 rings (SSSR count). The Kier molecular flexibility index (Phi) is 3.25. The molecule has 1 heterocycles. The number of nitrogens with one attached hydrogen (secondary N) is 1. The maximum absolute atomic E-state index is 10.9. The molecule has 0 amide bonds. The third kappa shape index (κ3) is 2.42. The van der Waals surface area contributed by atoms with Crippen LogP contribution >= 0.6 is 0 Å². The molecule has 1 aliphatic carbocycles. The van der Waals surface area contributed by atoms with Gasteiger partial charge in [0, 0.05) is 6.08 Å². The minimum absolute atomic E-state index is 0.269. The number of hydrogen-bond acceptors (Lipinski definition) is 4. The van der Waals surface area contributed by atoms with Crippen molar-refractivity contribution in [2.75, 3.05) is 7.11 Å². The SMILES string of the molecule is COc1ccc2c(c1)C(/C=C/c1n[nH]c(=O)o1)=CCC2. The molecule has 1 N–H and O–H groups in total. The molecule has 0 atom stereocenters. The first-order valence-corrected chi connectivity index (χ1v) is 6.37. The lowest BCUT2D eigenvalue weighted by Gasteiger charge is -2.16. The van der Waals surface area contributed by atoms with Gasteiger partial charge < -0.3 is 9.15 Å². The molecule has 0 saturated carbocycles. The molecule has 0 unspecified atom stereocenters. The van der Waals surface area contributed by atoms with Crippen molar-refractivity contribution in [3.8, 4) is 5.75 Å². The van der Waals surface area contributed by atoms with E-state index in [2.05, 4.69) is 22.3 Å². The Hall–Kier alpha value is -2.56. The van der Waals surface area contributed by atoms with Crippen LogP contribution in [0.5, 0.6) is 5.75 Å². The lowest BCUT2D eigenvalue weighted by Crippen LogP contribution is -1.99. The van der Waals surface area contributed by atoms with Gasteiger partial charge in [-0.3, -0.25) is 0 Å². The molecule has 1 aromatic carbocycles. The number of benzene rings is 1. The fourth-order valence-electron chi connectivity index (χ4n) is 2.29. The molecule has 0 spiro atoms. The monoisotopic (exact) mass is 270 g/mol. The van der Waals surface area contributed by atoms with Crippen LogP contribution in [0.25, 0.3) is 11.6 Å². The van der Waals surface area contributed by atoms with E-state index in [1.165, 1.54) is 5.56 Å². The van der Waals surface area contributed by atoms with Gasteiger partial charge in [-0.1, -0.05) is 12.1 Å². The first kappa shape index (κ1) is 12.5.